The highest BCUT2D eigenvalue weighted by molar-refractivity contribution is 7.90. The maximum absolute atomic E-state index is 14.7. The van der Waals surface area contributed by atoms with E-state index >= 15 is 0 Å². The number of halogens is 1. The molecule has 6 aromatic rings. The first-order valence-electron chi connectivity index (χ1n) is 15.5. The number of amides is 1. The van der Waals surface area contributed by atoms with Gasteiger partial charge in [0.25, 0.3) is 0 Å². The molecule has 1 aliphatic rings. The van der Waals surface area contributed by atoms with E-state index in [1.807, 2.05) is 24.3 Å². The standard InChI is InChI=1S/C34H33FN8O3S/c1-47(45,46)34(36)21-10-20(11-23(35)12-21)26-17-38-18-30-25(26)14-29(40-30)33-32-28(42-43-33)8-7-27(41-32)22-13-24(16-37-15-22)39-31(44)9-19-5-3-2-4-6-19/h7-8,10-19,34,40H,2-6,9,36H2,1H3,(H,39,44)(H,42,43). The van der Waals surface area contributed by atoms with Gasteiger partial charge < -0.3 is 16.0 Å². The number of hydrogen-bond donors (Lipinski definition) is 4. The lowest BCUT2D eigenvalue weighted by Crippen LogP contribution is -2.20. The van der Waals surface area contributed by atoms with Gasteiger partial charge >= 0.3 is 0 Å². The number of aromatic amines is 2. The van der Waals surface area contributed by atoms with Gasteiger partial charge in [-0.3, -0.25) is 19.9 Å². The Labute approximate surface area is 270 Å². The number of nitrogens with one attached hydrogen (secondary N) is 3. The Balaban J connectivity index is 1.20. The van der Waals surface area contributed by atoms with E-state index in [0.29, 0.717) is 57.3 Å². The summed E-state index contributed by atoms with van der Waals surface area (Å²) >= 11 is 0. The predicted octanol–water partition coefficient (Wildman–Crippen LogP) is 6.28. The van der Waals surface area contributed by atoms with Crippen molar-refractivity contribution >= 4 is 43.4 Å². The van der Waals surface area contributed by atoms with Gasteiger partial charge in [-0.1, -0.05) is 19.3 Å². The summed E-state index contributed by atoms with van der Waals surface area (Å²) < 4.78 is 38.9. The van der Waals surface area contributed by atoms with Crippen molar-refractivity contribution in [2.45, 2.75) is 43.9 Å². The van der Waals surface area contributed by atoms with Gasteiger partial charge in [0.15, 0.2) is 9.84 Å². The number of H-pyrrole nitrogens is 2. The third-order valence-corrected chi connectivity index (χ3v) is 9.94. The molecule has 7 rings (SSSR count). The molecule has 0 aliphatic heterocycles. The Morgan fingerprint density at radius 1 is 1.00 bits per heavy atom. The highest BCUT2D eigenvalue weighted by Crippen LogP contribution is 2.35. The zero-order valence-electron chi connectivity index (χ0n) is 25.6. The Hall–Kier alpha value is -5.01. The third-order valence-electron chi connectivity index (χ3n) is 8.75. The van der Waals surface area contributed by atoms with E-state index in [2.05, 4.69) is 30.5 Å². The van der Waals surface area contributed by atoms with Crippen molar-refractivity contribution in [2.75, 3.05) is 11.6 Å². The van der Waals surface area contributed by atoms with Crippen LogP contribution in [-0.4, -0.2) is 50.7 Å². The van der Waals surface area contributed by atoms with E-state index in [-0.39, 0.29) is 11.5 Å². The van der Waals surface area contributed by atoms with Gasteiger partial charge in [-0.15, -0.1) is 0 Å². The summed E-state index contributed by atoms with van der Waals surface area (Å²) in [6, 6.07) is 11.5. The number of anilines is 1. The minimum absolute atomic E-state index is 0.00300. The number of carbonyl (C=O) groups excluding carboxylic acids is 1. The van der Waals surface area contributed by atoms with Crippen molar-refractivity contribution in [3.63, 3.8) is 0 Å². The molecule has 1 saturated carbocycles. The lowest BCUT2D eigenvalue weighted by atomic mass is 9.87. The number of aromatic nitrogens is 6. The van der Waals surface area contributed by atoms with Gasteiger partial charge in [-0.2, -0.15) is 5.10 Å². The lowest BCUT2D eigenvalue weighted by Gasteiger charge is -2.20. The second-order valence-corrected chi connectivity index (χ2v) is 14.4. The summed E-state index contributed by atoms with van der Waals surface area (Å²) in [4.78, 5) is 29.7. The van der Waals surface area contributed by atoms with E-state index in [1.54, 1.807) is 30.9 Å². The molecule has 1 unspecified atom stereocenters. The van der Waals surface area contributed by atoms with Crippen LogP contribution < -0.4 is 11.1 Å². The maximum atomic E-state index is 14.7. The molecule has 5 aromatic heterocycles. The fraction of sp³-hybridized carbons (Fsp3) is 0.265. The molecule has 0 bridgehead atoms. The predicted molar refractivity (Wildman–Crippen MR) is 179 cm³/mol. The van der Waals surface area contributed by atoms with Crippen LogP contribution in [0.3, 0.4) is 0 Å². The molecule has 0 radical (unpaired) electrons. The van der Waals surface area contributed by atoms with Crippen LogP contribution in [0.25, 0.3) is 55.7 Å². The summed E-state index contributed by atoms with van der Waals surface area (Å²) in [7, 11) is -3.65. The van der Waals surface area contributed by atoms with E-state index in [0.717, 1.165) is 41.6 Å². The number of rotatable bonds is 8. The third kappa shape index (κ3) is 6.36. The molecular weight excluding hydrogens is 619 g/mol. The van der Waals surface area contributed by atoms with Crippen molar-refractivity contribution in [1.29, 1.82) is 0 Å². The SMILES string of the molecule is CS(=O)(=O)C(N)c1cc(F)cc(-c2cncc3[nH]c(-c4n[nH]c5ccc(-c6cncc(NC(=O)CC7CCCCC7)c6)nc45)cc23)c1. The second kappa shape index (κ2) is 12.3. The van der Waals surface area contributed by atoms with E-state index in [1.165, 1.54) is 25.3 Å². The van der Waals surface area contributed by atoms with Crippen molar-refractivity contribution in [3.05, 3.63) is 78.6 Å². The Kier molecular flexibility index (Phi) is 8.02. The first kappa shape index (κ1) is 30.6. The first-order valence-corrected chi connectivity index (χ1v) is 17.4. The van der Waals surface area contributed by atoms with Crippen LogP contribution in [0.5, 0.6) is 0 Å². The number of fused-ring (bicyclic) bond motifs is 2. The van der Waals surface area contributed by atoms with Crippen molar-refractivity contribution < 1.29 is 17.6 Å². The first-order chi connectivity index (χ1) is 22.6. The zero-order valence-corrected chi connectivity index (χ0v) is 26.4. The number of carbonyl (C=O) groups is 1. The monoisotopic (exact) mass is 652 g/mol. The Bertz CT molecular complexity index is 2240. The number of sulfone groups is 1. The van der Waals surface area contributed by atoms with Crippen LogP contribution in [0.1, 0.15) is 49.5 Å². The Morgan fingerprint density at radius 3 is 2.62 bits per heavy atom. The van der Waals surface area contributed by atoms with E-state index in [9.17, 15) is 17.6 Å². The van der Waals surface area contributed by atoms with Crippen LogP contribution in [-0.2, 0) is 14.6 Å². The molecule has 13 heteroatoms. The van der Waals surface area contributed by atoms with Gasteiger partial charge in [0.05, 0.1) is 40.5 Å². The minimum atomic E-state index is -3.65. The normalized spacial score (nSPS) is 14.9. The topological polar surface area (TPSA) is 172 Å². The number of nitrogens with two attached hydrogens (primary N) is 1. The van der Waals surface area contributed by atoms with Crippen LogP contribution >= 0.6 is 0 Å². The molecule has 1 amide bonds. The highest BCUT2D eigenvalue weighted by atomic mass is 32.2. The fourth-order valence-corrected chi connectivity index (χ4v) is 6.98. The fourth-order valence-electron chi connectivity index (χ4n) is 6.35. The summed E-state index contributed by atoms with van der Waals surface area (Å²) in [5, 5.41) is 9.93. The summed E-state index contributed by atoms with van der Waals surface area (Å²) in [5.74, 6) is -0.178. The summed E-state index contributed by atoms with van der Waals surface area (Å²) in [5.41, 5.74) is 12.3. The maximum Gasteiger partial charge on any atom is 0.224 e. The van der Waals surface area contributed by atoms with Gasteiger partial charge in [0.1, 0.15) is 22.4 Å². The average molecular weight is 653 g/mol. The molecule has 1 atom stereocenters. The highest BCUT2D eigenvalue weighted by Gasteiger charge is 2.22. The molecule has 0 spiro atoms. The quantitative estimate of drug-likeness (QED) is 0.149. The molecule has 1 aromatic carbocycles. The van der Waals surface area contributed by atoms with Crippen molar-refractivity contribution in [3.8, 4) is 33.8 Å². The molecule has 5 N–H and O–H groups in total. The molecule has 1 fully saturated rings. The number of benzene rings is 1. The lowest BCUT2D eigenvalue weighted by molar-refractivity contribution is -0.117. The molecule has 5 heterocycles. The van der Waals surface area contributed by atoms with Gasteiger partial charge in [0, 0.05) is 41.6 Å². The van der Waals surface area contributed by atoms with Crippen molar-refractivity contribution in [1.82, 2.24) is 30.1 Å². The van der Waals surface area contributed by atoms with Crippen LogP contribution in [0.15, 0.2) is 67.3 Å². The number of pyridine rings is 3. The van der Waals surface area contributed by atoms with Crippen LogP contribution in [0.4, 0.5) is 10.1 Å². The minimum Gasteiger partial charge on any atom is -0.352 e. The number of nitrogens with zero attached hydrogens (tertiary/aromatic N) is 4. The Morgan fingerprint density at radius 2 is 1.81 bits per heavy atom. The van der Waals surface area contributed by atoms with E-state index < -0.39 is 21.0 Å². The van der Waals surface area contributed by atoms with Gasteiger partial charge in [-0.05, 0) is 72.4 Å². The van der Waals surface area contributed by atoms with Crippen LogP contribution in [0.2, 0.25) is 0 Å². The van der Waals surface area contributed by atoms with Crippen molar-refractivity contribution in [2.24, 2.45) is 11.7 Å². The van der Waals surface area contributed by atoms with Gasteiger partial charge in [-0.25, -0.2) is 17.8 Å². The number of hydrogen-bond acceptors (Lipinski definition) is 8. The van der Waals surface area contributed by atoms with Crippen LogP contribution in [0, 0.1) is 11.7 Å². The molecule has 240 valence electrons. The molecule has 11 nitrogen and oxygen atoms in total. The summed E-state index contributed by atoms with van der Waals surface area (Å²) in [6.07, 6.45) is 13.9. The molecular formula is C34H33FN8O3S. The molecule has 47 heavy (non-hydrogen) atoms. The smallest absolute Gasteiger partial charge is 0.224 e. The molecule has 1 aliphatic carbocycles. The second-order valence-electron chi connectivity index (χ2n) is 12.2. The largest absolute Gasteiger partial charge is 0.352 e. The zero-order chi connectivity index (χ0) is 32.7. The summed E-state index contributed by atoms with van der Waals surface area (Å²) in [6.45, 7) is 0. The van der Waals surface area contributed by atoms with E-state index in [4.69, 9.17) is 10.7 Å². The molecule has 0 saturated heterocycles. The average Bonchev–Trinajstić information content (AvgIpc) is 3.68. The van der Waals surface area contributed by atoms with Gasteiger partial charge in [0.2, 0.25) is 5.91 Å².